The SMILES string of the molecule is Cc1ccc(-n2cc(C(=O)N3CCN(c4cccc(C)c4C)CC3)nn2)cc1. The quantitative estimate of drug-likeness (QED) is 0.706. The highest BCUT2D eigenvalue weighted by Gasteiger charge is 2.25. The second-order valence-corrected chi connectivity index (χ2v) is 7.38. The summed E-state index contributed by atoms with van der Waals surface area (Å²) < 4.78 is 1.65. The minimum Gasteiger partial charge on any atom is -0.368 e. The number of piperazine rings is 1. The average molecular weight is 375 g/mol. The van der Waals surface area contributed by atoms with Crippen LogP contribution in [-0.4, -0.2) is 52.0 Å². The maximum absolute atomic E-state index is 12.9. The van der Waals surface area contributed by atoms with E-state index in [0.29, 0.717) is 18.8 Å². The number of anilines is 1. The summed E-state index contributed by atoms with van der Waals surface area (Å²) in [4.78, 5) is 17.1. The van der Waals surface area contributed by atoms with Crippen LogP contribution in [0.1, 0.15) is 27.2 Å². The summed E-state index contributed by atoms with van der Waals surface area (Å²) >= 11 is 0. The van der Waals surface area contributed by atoms with Crippen molar-refractivity contribution < 1.29 is 4.79 Å². The number of aryl methyl sites for hydroxylation is 2. The lowest BCUT2D eigenvalue weighted by molar-refractivity contribution is 0.0740. The molecular weight excluding hydrogens is 350 g/mol. The molecule has 28 heavy (non-hydrogen) atoms. The molecule has 1 saturated heterocycles. The summed E-state index contributed by atoms with van der Waals surface area (Å²) in [5.74, 6) is -0.0565. The first kappa shape index (κ1) is 18.2. The number of nitrogens with zero attached hydrogens (tertiary/aromatic N) is 5. The Kier molecular flexibility index (Phi) is 4.86. The van der Waals surface area contributed by atoms with Gasteiger partial charge < -0.3 is 9.80 Å². The third-order valence-corrected chi connectivity index (χ3v) is 5.49. The second kappa shape index (κ2) is 7.46. The Labute approximate surface area is 165 Å². The molecule has 0 unspecified atom stereocenters. The number of rotatable bonds is 3. The van der Waals surface area contributed by atoms with Crippen LogP contribution in [0, 0.1) is 20.8 Å². The Balaban J connectivity index is 1.43. The molecule has 2 heterocycles. The first-order valence-electron chi connectivity index (χ1n) is 9.63. The minimum atomic E-state index is -0.0565. The summed E-state index contributed by atoms with van der Waals surface area (Å²) in [6.07, 6.45) is 1.71. The van der Waals surface area contributed by atoms with Crippen molar-refractivity contribution in [3.8, 4) is 5.69 Å². The molecule has 0 N–H and O–H groups in total. The van der Waals surface area contributed by atoms with Crippen molar-refractivity contribution >= 4 is 11.6 Å². The fourth-order valence-corrected chi connectivity index (χ4v) is 3.58. The summed E-state index contributed by atoms with van der Waals surface area (Å²) in [6.45, 7) is 9.34. The Morgan fingerprint density at radius 1 is 0.929 bits per heavy atom. The van der Waals surface area contributed by atoms with Gasteiger partial charge in [-0.05, 0) is 50.1 Å². The maximum atomic E-state index is 12.9. The number of amides is 1. The third-order valence-electron chi connectivity index (χ3n) is 5.49. The molecule has 144 valence electrons. The molecule has 6 heteroatoms. The zero-order valence-corrected chi connectivity index (χ0v) is 16.6. The molecule has 1 aromatic heterocycles. The fourth-order valence-electron chi connectivity index (χ4n) is 3.58. The monoisotopic (exact) mass is 375 g/mol. The van der Waals surface area contributed by atoms with Gasteiger partial charge in [-0.1, -0.05) is 35.0 Å². The van der Waals surface area contributed by atoms with Crippen molar-refractivity contribution in [3.63, 3.8) is 0 Å². The van der Waals surface area contributed by atoms with E-state index in [0.717, 1.165) is 18.8 Å². The Morgan fingerprint density at radius 2 is 1.64 bits per heavy atom. The lowest BCUT2D eigenvalue weighted by Crippen LogP contribution is -2.49. The van der Waals surface area contributed by atoms with Gasteiger partial charge in [0.25, 0.3) is 5.91 Å². The van der Waals surface area contributed by atoms with Gasteiger partial charge in [-0.15, -0.1) is 5.10 Å². The molecule has 1 fully saturated rings. The molecule has 1 amide bonds. The van der Waals surface area contributed by atoms with Gasteiger partial charge in [0.15, 0.2) is 5.69 Å². The Morgan fingerprint density at radius 3 is 2.36 bits per heavy atom. The molecule has 0 saturated carbocycles. The number of hydrogen-bond acceptors (Lipinski definition) is 4. The fraction of sp³-hybridized carbons (Fsp3) is 0.318. The van der Waals surface area contributed by atoms with E-state index in [4.69, 9.17) is 0 Å². The van der Waals surface area contributed by atoms with Crippen LogP contribution in [0.4, 0.5) is 5.69 Å². The number of hydrogen-bond donors (Lipinski definition) is 0. The van der Waals surface area contributed by atoms with E-state index in [1.807, 2.05) is 36.1 Å². The lowest BCUT2D eigenvalue weighted by atomic mass is 10.1. The predicted octanol–water partition coefficient (Wildman–Crippen LogP) is 3.15. The average Bonchev–Trinajstić information content (AvgIpc) is 3.20. The predicted molar refractivity (Wildman–Crippen MR) is 110 cm³/mol. The van der Waals surface area contributed by atoms with Crippen LogP contribution in [0.25, 0.3) is 5.69 Å². The molecule has 3 aromatic rings. The van der Waals surface area contributed by atoms with E-state index in [-0.39, 0.29) is 5.91 Å². The van der Waals surface area contributed by atoms with Crippen LogP contribution < -0.4 is 4.90 Å². The van der Waals surface area contributed by atoms with Gasteiger partial charge in [0.2, 0.25) is 0 Å². The molecule has 2 aromatic carbocycles. The van der Waals surface area contributed by atoms with Crippen molar-refractivity contribution in [1.29, 1.82) is 0 Å². The second-order valence-electron chi connectivity index (χ2n) is 7.38. The molecule has 6 nitrogen and oxygen atoms in total. The minimum absolute atomic E-state index is 0.0565. The first-order valence-corrected chi connectivity index (χ1v) is 9.63. The number of carbonyl (C=O) groups excluding carboxylic acids is 1. The van der Waals surface area contributed by atoms with E-state index >= 15 is 0 Å². The van der Waals surface area contributed by atoms with Gasteiger partial charge in [0.05, 0.1) is 11.9 Å². The van der Waals surface area contributed by atoms with E-state index in [2.05, 4.69) is 47.3 Å². The highest BCUT2D eigenvalue weighted by molar-refractivity contribution is 5.92. The third kappa shape index (κ3) is 3.50. The van der Waals surface area contributed by atoms with Crippen LogP contribution in [0.2, 0.25) is 0 Å². The normalized spacial score (nSPS) is 14.4. The Hall–Kier alpha value is -3.15. The zero-order chi connectivity index (χ0) is 19.7. The van der Waals surface area contributed by atoms with Gasteiger partial charge in [0.1, 0.15) is 0 Å². The topological polar surface area (TPSA) is 54.3 Å². The highest BCUT2D eigenvalue weighted by atomic mass is 16.2. The van der Waals surface area contributed by atoms with Crippen molar-refractivity contribution in [2.45, 2.75) is 20.8 Å². The number of aromatic nitrogens is 3. The molecule has 0 spiro atoms. The summed E-state index contributed by atoms with van der Waals surface area (Å²) in [7, 11) is 0. The van der Waals surface area contributed by atoms with Gasteiger partial charge in [-0.2, -0.15) is 0 Å². The standard InChI is InChI=1S/C22H25N5O/c1-16-7-9-19(10-8-16)27-15-20(23-24-27)22(28)26-13-11-25(12-14-26)21-6-4-5-17(2)18(21)3/h4-10,15H,11-14H2,1-3H3. The summed E-state index contributed by atoms with van der Waals surface area (Å²) in [5, 5.41) is 8.23. The number of carbonyl (C=O) groups is 1. The van der Waals surface area contributed by atoms with Gasteiger partial charge >= 0.3 is 0 Å². The smallest absolute Gasteiger partial charge is 0.276 e. The molecule has 0 atom stereocenters. The van der Waals surface area contributed by atoms with Crippen LogP contribution in [-0.2, 0) is 0 Å². The van der Waals surface area contributed by atoms with Gasteiger partial charge in [-0.3, -0.25) is 4.79 Å². The molecule has 0 aliphatic carbocycles. The highest BCUT2D eigenvalue weighted by Crippen LogP contribution is 2.24. The molecule has 0 bridgehead atoms. The molecule has 1 aliphatic heterocycles. The maximum Gasteiger partial charge on any atom is 0.276 e. The van der Waals surface area contributed by atoms with Crippen molar-refractivity contribution in [1.82, 2.24) is 19.9 Å². The van der Waals surface area contributed by atoms with Crippen LogP contribution >= 0.6 is 0 Å². The van der Waals surface area contributed by atoms with E-state index in [1.165, 1.54) is 22.4 Å². The first-order chi connectivity index (χ1) is 13.5. The van der Waals surface area contributed by atoms with Crippen LogP contribution in [0.15, 0.2) is 48.7 Å². The van der Waals surface area contributed by atoms with Crippen molar-refractivity contribution in [2.75, 3.05) is 31.1 Å². The largest absolute Gasteiger partial charge is 0.368 e. The van der Waals surface area contributed by atoms with Gasteiger partial charge in [0, 0.05) is 31.9 Å². The zero-order valence-electron chi connectivity index (χ0n) is 16.6. The number of benzene rings is 2. The molecule has 0 radical (unpaired) electrons. The Bertz CT molecular complexity index is 984. The molecular formula is C22H25N5O. The van der Waals surface area contributed by atoms with E-state index < -0.39 is 0 Å². The van der Waals surface area contributed by atoms with E-state index in [9.17, 15) is 4.79 Å². The van der Waals surface area contributed by atoms with Crippen LogP contribution in [0.3, 0.4) is 0 Å². The molecule has 1 aliphatic rings. The van der Waals surface area contributed by atoms with E-state index in [1.54, 1.807) is 10.9 Å². The summed E-state index contributed by atoms with van der Waals surface area (Å²) in [5.41, 5.74) is 6.34. The summed E-state index contributed by atoms with van der Waals surface area (Å²) in [6, 6.07) is 14.4. The van der Waals surface area contributed by atoms with Crippen molar-refractivity contribution in [2.24, 2.45) is 0 Å². The van der Waals surface area contributed by atoms with Crippen LogP contribution in [0.5, 0.6) is 0 Å². The van der Waals surface area contributed by atoms with Crippen molar-refractivity contribution in [3.05, 3.63) is 71.0 Å². The van der Waals surface area contributed by atoms with Gasteiger partial charge in [-0.25, -0.2) is 4.68 Å². The lowest BCUT2D eigenvalue weighted by Gasteiger charge is -2.36. The molecule has 4 rings (SSSR count).